The number of rotatable bonds is 3. The minimum atomic E-state index is -4.62. The van der Waals surface area contributed by atoms with Crippen LogP contribution < -0.4 is 5.32 Å². The average Bonchev–Trinajstić information content (AvgIpc) is 2.95. The van der Waals surface area contributed by atoms with Gasteiger partial charge in [-0.05, 0) is 41.6 Å². The normalized spacial score (nSPS) is 13.2. The first-order chi connectivity index (χ1) is 12.1. The van der Waals surface area contributed by atoms with Gasteiger partial charge < -0.3 is 5.32 Å². The molecule has 0 aliphatic carbocycles. The lowest BCUT2D eigenvalue weighted by atomic mass is 10.1. The molecule has 0 fully saturated rings. The fourth-order valence-electron chi connectivity index (χ4n) is 2.24. The second-order valence-electron chi connectivity index (χ2n) is 5.25. The molecular formula is C14H8ClF5IN5. The van der Waals surface area contributed by atoms with Crippen molar-refractivity contribution in [1.29, 1.82) is 0 Å². The third-order valence-electron chi connectivity index (χ3n) is 3.48. The maximum Gasteiger partial charge on any atom is 0.408 e. The Balaban J connectivity index is 2.32. The van der Waals surface area contributed by atoms with Crippen LogP contribution in [0.1, 0.15) is 6.92 Å². The Morgan fingerprint density at radius 3 is 2.38 bits per heavy atom. The second kappa shape index (κ2) is 6.76. The molecule has 2 heterocycles. The molecule has 0 saturated carbocycles. The van der Waals surface area contributed by atoms with Crippen LogP contribution in [-0.2, 0) is 0 Å². The van der Waals surface area contributed by atoms with Gasteiger partial charge in [0.05, 0.1) is 11.1 Å². The number of hydrogen-bond donors (Lipinski definition) is 1. The molecular weight excluding hydrogens is 496 g/mol. The average molecular weight is 504 g/mol. The summed E-state index contributed by atoms with van der Waals surface area (Å²) in [5.74, 6) is -2.50. The van der Waals surface area contributed by atoms with Crippen LogP contribution in [0.15, 0.2) is 18.5 Å². The zero-order valence-corrected chi connectivity index (χ0v) is 15.7. The number of nitrogens with one attached hydrogen (secondary N) is 1. The predicted molar refractivity (Wildman–Crippen MR) is 93.0 cm³/mol. The van der Waals surface area contributed by atoms with Crippen molar-refractivity contribution in [1.82, 2.24) is 19.6 Å². The van der Waals surface area contributed by atoms with Gasteiger partial charge in [0, 0.05) is 3.57 Å². The second-order valence-corrected chi connectivity index (χ2v) is 6.85. The first-order valence-electron chi connectivity index (χ1n) is 6.97. The van der Waals surface area contributed by atoms with E-state index in [1.165, 1.54) is 0 Å². The summed E-state index contributed by atoms with van der Waals surface area (Å²) in [6, 6.07) is -0.00242. The van der Waals surface area contributed by atoms with Crippen molar-refractivity contribution in [3.05, 3.63) is 38.8 Å². The molecule has 0 radical (unpaired) electrons. The summed E-state index contributed by atoms with van der Waals surface area (Å²) >= 11 is 7.74. The fourth-order valence-corrected chi connectivity index (χ4v) is 3.05. The van der Waals surface area contributed by atoms with Gasteiger partial charge in [-0.25, -0.2) is 8.78 Å². The number of benzene rings is 1. The minimum absolute atomic E-state index is 0.123. The Hall–Kier alpha value is -1.76. The Kier molecular flexibility index (Phi) is 4.94. The Morgan fingerprint density at radius 2 is 1.81 bits per heavy atom. The quantitative estimate of drug-likeness (QED) is 0.320. The molecule has 0 amide bonds. The van der Waals surface area contributed by atoms with E-state index in [9.17, 15) is 22.0 Å². The zero-order chi connectivity index (χ0) is 19.2. The summed E-state index contributed by atoms with van der Waals surface area (Å²) in [7, 11) is 0. The van der Waals surface area contributed by atoms with Crippen LogP contribution in [-0.4, -0.2) is 31.8 Å². The molecule has 3 aromatic rings. The predicted octanol–water partition coefficient (Wildman–Crippen LogP) is 4.69. The maximum atomic E-state index is 14.4. The molecule has 0 spiro atoms. The van der Waals surface area contributed by atoms with Crippen molar-refractivity contribution in [3.63, 3.8) is 0 Å². The molecule has 1 aromatic carbocycles. The summed E-state index contributed by atoms with van der Waals surface area (Å²) in [4.78, 5) is 7.59. The van der Waals surface area contributed by atoms with Crippen molar-refractivity contribution in [2.45, 2.75) is 19.1 Å². The Bertz CT molecular complexity index is 967. The number of fused-ring (bicyclic) bond motifs is 1. The van der Waals surface area contributed by atoms with Gasteiger partial charge in [0.15, 0.2) is 0 Å². The van der Waals surface area contributed by atoms with Crippen molar-refractivity contribution >= 4 is 45.8 Å². The smallest absolute Gasteiger partial charge is 0.358 e. The number of aromatic nitrogens is 4. The monoisotopic (exact) mass is 503 g/mol. The topological polar surface area (TPSA) is 55.1 Å². The molecule has 0 bridgehead atoms. The lowest BCUT2D eigenvalue weighted by Crippen LogP contribution is -2.34. The molecule has 0 aliphatic rings. The molecule has 12 heteroatoms. The molecule has 1 unspecified atom stereocenters. The van der Waals surface area contributed by atoms with E-state index in [2.05, 4.69) is 20.4 Å². The molecule has 0 aliphatic heterocycles. The largest absolute Gasteiger partial charge is 0.408 e. The maximum absolute atomic E-state index is 14.4. The first kappa shape index (κ1) is 19.0. The number of alkyl halides is 3. The fraction of sp³-hybridized carbons (Fsp3) is 0.214. The van der Waals surface area contributed by atoms with Crippen molar-refractivity contribution in [3.8, 4) is 11.1 Å². The number of anilines is 1. The molecule has 3 rings (SSSR count). The van der Waals surface area contributed by atoms with Crippen LogP contribution in [0.4, 0.5) is 27.8 Å². The van der Waals surface area contributed by atoms with Gasteiger partial charge in [-0.15, -0.1) is 0 Å². The van der Waals surface area contributed by atoms with E-state index in [1.807, 2.05) is 0 Å². The Labute approximate surface area is 161 Å². The highest BCUT2D eigenvalue weighted by Crippen LogP contribution is 2.39. The number of hydrogen-bond acceptors (Lipinski definition) is 4. The van der Waals surface area contributed by atoms with Crippen molar-refractivity contribution < 1.29 is 22.0 Å². The molecule has 138 valence electrons. The van der Waals surface area contributed by atoms with Gasteiger partial charge in [-0.1, -0.05) is 11.6 Å². The Morgan fingerprint density at radius 1 is 1.19 bits per heavy atom. The van der Waals surface area contributed by atoms with Gasteiger partial charge in [0.2, 0.25) is 0 Å². The lowest BCUT2D eigenvalue weighted by molar-refractivity contribution is -0.138. The van der Waals surface area contributed by atoms with E-state index >= 15 is 0 Å². The highest BCUT2D eigenvalue weighted by Gasteiger charge is 2.37. The standard InChI is InChI=1S/C14H8ClF5IN5/c1-5(14(18,19)20)24-12-10(9-7(16)2-6(21)3-8(9)17)11(15)25-13-22-4-23-26(12)13/h2-5,24H,1H3. The highest BCUT2D eigenvalue weighted by atomic mass is 127. The number of nitrogens with zero attached hydrogens (tertiary/aromatic N) is 4. The van der Waals surface area contributed by atoms with Crippen LogP contribution in [0.2, 0.25) is 5.15 Å². The van der Waals surface area contributed by atoms with Gasteiger partial charge in [0.1, 0.15) is 35.0 Å². The van der Waals surface area contributed by atoms with E-state index in [0.29, 0.717) is 0 Å². The minimum Gasteiger partial charge on any atom is -0.358 e. The van der Waals surface area contributed by atoms with E-state index in [4.69, 9.17) is 11.6 Å². The third-order valence-corrected chi connectivity index (χ3v) is 4.38. The van der Waals surface area contributed by atoms with E-state index < -0.39 is 34.6 Å². The third kappa shape index (κ3) is 3.41. The molecule has 0 saturated heterocycles. The highest BCUT2D eigenvalue weighted by molar-refractivity contribution is 14.1. The summed E-state index contributed by atoms with van der Waals surface area (Å²) in [5, 5.41) is 5.51. The van der Waals surface area contributed by atoms with Crippen LogP contribution in [0.5, 0.6) is 0 Å². The van der Waals surface area contributed by atoms with E-state index in [-0.39, 0.29) is 20.7 Å². The van der Waals surface area contributed by atoms with Gasteiger partial charge in [-0.2, -0.15) is 32.8 Å². The zero-order valence-electron chi connectivity index (χ0n) is 12.7. The van der Waals surface area contributed by atoms with E-state index in [1.54, 1.807) is 22.6 Å². The molecule has 5 nitrogen and oxygen atoms in total. The van der Waals surface area contributed by atoms with Gasteiger partial charge in [0.25, 0.3) is 5.78 Å². The SMILES string of the molecule is CC(Nc1c(-c2c(F)cc(I)cc2F)c(Cl)nc2ncnn12)C(F)(F)F. The summed E-state index contributed by atoms with van der Waals surface area (Å²) < 4.78 is 69.0. The van der Waals surface area contributed by atoms with Crippen LogP contribution in [0.25, 0.3) is 16.9 Å². The number of halogens is 7. The lowest BCUT2D eigenvalue weighted by Gasteiger charge is -2.21. The van der Waals surface area contributed by atoms with Crippen LogP contribution >= 0.6 is 34.2 Å². The molecule has 2 aromatic heterocycles. The van der Waals surface area contributed by atoms with E-state index in [0.717, 1.165) is 29.9 Å². The van der Waals surface area contributed by atoms with Gasteiger partial charge in [-0.3, -0.25) is 0 Å². The molecule has 1 N–H and O–H groups in total. The summed E-state index contributed by atoms with van der Waals surface area (Å²) in [6.45, 7) is 0.849. The van der Waals surface area contributed by atoms with Crippen LogP contribution in [0.3, 0.4) is 0 Å². The van der Waals surface area contributed by atoms with Gasteiger partial charge >= 0.3 is 6.18 Å². The van der Waals surface area contributed by atoms with Crippen LogP contribution in [0, 0.1) is 15.2 Å². The van der Waals surface area contributed by atoms with Crippen molar-refractivity contribution in [2.24, 2.45) is 0 Å². The summed E-state index contributed by atoms with van der Waals surface area (Å²) in [6.07, 6.45) is -3.59. The first-order valence-corrected chi connectivity index (χ1v) is 8.42. The molecule has 26 heavy (non-hydrogen) atoms. The van der Waals surface area contributed by atoms with Crippen molar-refractivity contribution in [2.75, 3.05) is 5.32 Å². The molecule has 1 atom stereocenters. The summed E-state index contributed by atoms with van der Waals surface area (Å²) in [5.41, 5.74) is -0.996.